The maximum atomic E-state index is 4.79. The SMILES string of the molecule is CN1CCNCc2cccc(n2)CN(C)CCNCc2cccc(c2)C1. The largest absolute Gasteiger partial charge is 0.311 e. The number of hydrogen-bond donors (Lipinski definition) is 2. The fourth-order valence-corrected chi connectivity index (χ4v) is 3.29. The van der Waals surface area contributed by atoms with Crippen molar-refractivity contribution in [1.82, 2.24) is 25.4 Å². The van der Waals surface area contributed by atoms with E-state index in [-0.39, 0.29) is 0 Å². The van der Waals surface area contributed by atoms with Gasteiger partial charge >= 0.3 is 0 Å². The van der Waals surface area contributed by atoms with Gasteiger partial charge in [-0.05, 0) is 37.4 Å². The van der Waals surface area contributed by atoms with E-state index in [2.05, 4.69) is 77.0 Å². The van der Waals surface area contributed by atoms with Crippen molar-refractivity contribution in [1.29, 1.82) is 0 Å². The van der Waals surface area contributed by atoms with Gasteiger partial charge in [-0.1, -0.05) is 30.3 Å². The van der Waals surface area contributed by atoms with Gasteiger partial charge in [0.25, 0.3) is 0 Å². The second-order valence-corrected chi connectivity index (χ2v) is 7.27. The van der Waals surface area contributed by atoms with E-state index in [1.165, 1.54) is 11.1 Å². The van der Waals surface area contributed by atoms with Crippen molar-refractivity contribution in [2.24, 2.45) is 0 Å². The van der Waals surface area contributed by atoms with Crippen LogP contribution in [0, 0.1) is 0 Å². The van der Waals surface area contributed by atoms with Crippen LogP contribution in [0.25, 0.3) is 0 Å². The summed E-state index contributed by atoms with van der Waals surface area (Å²) in [6.45, 7) is 7.56. The van der Waals surface area contributed by atoms with Crippen molar-refractivity contribution in [2.75, 3.05) is 40.3 Å². The summed E-state index contributed by atoms with van der Waals surface area (Å²) >= 11 is 0. The number of rotatable bonds is 0. The second kappa shape index (κ2) is 9.78. The minimum Gasteiger partial charge on any atom is -0.311 e. The molecule has 0 radical (unpaired) electrons. The molecule has 2 heterocycles. The van der Waals surface area contributed by atoms with Crippen LogP contribution in [0.3, 0.4) is 0 Å². The molecule has 0 unspecified atom stereocenters. The highest BCUT2D eigenvalue weighted by molar-refractivity contribution is 5.23. The highest BCUT2D eigenvalue weighted by Gasteiger charge is 2.05. The third-order valence-electron chi connectivity index (χ3n) is 4.72. The number of pyridine rings is 1. The number of fused-ring (bicyclic) bond motifs is 4. The first kappa shape index (κ1) is 19.0. The molecule has 1 aromatic heterocycles. The third kappa shape index (κ3) is 6.18. The fraction of sp³-hybridized carbons (Fsp3) is 0.476. The zero-order valence-corrected chi connectivity index (χ0v) is 16.0. The molecule has 4 bridgehead atoms. The molecule has 0 saturated heterocycles. The van der Waals surface area contributed by atoms with E-state index in [4.69, 9.17) is 4.98 Å². The lowest BCUT2D eigenvalue weighted by atomic mass is 10.1. The number of nitrogens with zero attached hydrogens (tertiary/aromatic N) is 3. The van der Waals surface area contributed by atoms with Crippen LogP contribution in [0.5, 0.6) is 0 Å². The average Bonchev–Trinajstić information content (AvgIpc) is 2.62. The summed E-state index contributed by atoms with van der Waals surface area (Å²) in [5.41, 5.74) is 4.98. The van der Waals surface area contributed by atoms with Crippen molar-refractivity contribution in [3.8, 4) is 0 Å². The number of aromatic nitrogens is 1. The molecule has 0 saturated carbocycles. The van der Waals surface area contributed by atoms with Gasteiger partial charge in [-0.15, -0.1) is 0 Å². The second-order valence-electron chi connectivity index (χ2n) is 7.27. The van der Waals surface area contributed by atoms with E-state index in [0.29, 0.717) is 0 Å². The van der Waals surface area contributed by atoms with E-state index in [1.54, 1.807) is 0 Å². The summed E-state index contributed by atoms with van der Waals surface area (Å²) in [7, 11) is 4.34. The molecule has 2 N–H and O–H groups in total. The van der Waals surface area contributed by atoms with Gasteiger partial charge in [0.15, 0.2) is 0 Å². The fourth-order valence-electron chi connectivity index (χ4n) is 3.29. The molecule has 1 aliphatic heterocycles. The zero-order chi connectivity index (χ0) is 18.2. The van der Waals surface area contributed by atoms with Crippen LogP contribution in [0.4, 0.5) is 0 Å². The first-order valence-corrected chi connectivity index (χ1v) is 9.50. The molecule has 1 aliphatic rings. The first-order valence-electron chi connectivity index (χ1n) is 9.50. The molecule has 5 heteroatoms. The van der Waals surface area contributed by atoms with Gasteiger partial charge < -0.3 is 15.5 Å². The molecule has 5 nitrogen and oxygen atoms in total. The van der Waals surface area contributed by atoms with E-state index in [9.17, 15) is 0 Å². The maximum Gasteiger partial charge on any atom is 0.0547 e. The molecule has 0 atom stereocenters. The van der Waals surface area contributed by atoms with Crippen molar-refractivity contribution in [2.45, 2.75) is 26.2 Å². The Labute approximate surface area is 157 Å². The zero-order valence-electron chi connectivity index (χ0n) is 16.0. The highest BCUT2D eigenvalue weighted by Crippen LogP contribution is 2.08. The summed E-state index contributed by atoms with van der Waals surface area (Å²) in [4.78, 5) is 9.47. The third-order valence-corrected chi connectivity index (χ3v) is 4.72. The standard InChI is InChI=1S/C21H31N5/c1-25-11-10-23-15-20-7-4-8-21(24-20)17-26(2)12-9-22-14-18-5-3-6-19(13-18)16-25/h3-8,13,22-23H,9-12,14-17H2,1-2H3. The van der Waals surface area contributed by atoms with Gasteiger partial charge in [-0.2, -0.15) is 0 Å². The van der Waals surface area contributed by atoms with Crippen molar-refractivity contribution in [3.63, 3.8) is 0 Å². The quantitative estimate of drug-likeness (QED) is 0.757. The van der Waals surface area contributed by atoms with Crippen LogP contribution in [-0.2, 0) is 26.2 Å². The van der Waals surface area contributed by atoms with E-state index in [1.807, 2.05) is 0 Å². The van der Waals surface area contributed by atoms with E-state index in [0.717, 1.165) is 63.7 Å². The molecule has 2 aromatic rings. The molecular weight excluding hydrogens is 322 g/mol. The van der Waals surface area contributed by atoms with E-state index < -0.39 is 0 Å². The molecule has 0 aliphatic carbocycles. The van der Waals surface area contributed by atoms with Crippen LogP contribution < -0.4 is 10.6 Å². The Morgan fingerprint density at radius 2 is 1.42 bits per heavy atom. The Balaban J connectivity index is 1.66. The Morgan fingerprint density at radius 1 is 0.769 bits per heavy atom. The smallest absolute Gasteiger partial charge is 0.0547 e. The predicted octanol–water partition coefficient (Wildman–Crippen LogP) is 1.84. The van der Waals surface area contributed by atoms with Gasteiger partial charge in [-0.25, -0.2) is 0 Å². The monoisotopic (exact) mass is 353 g/mol. The van der Waals surface area contributed by atoms with Crippen molar-refractivity contribution >= 4 is 0 Å². The Kier molecular flexibility index (Phi) is 7.14. The van der Waals surface area contributed by atoms with Gasteiger partial charge in [0.2, 0.25) is 0 Å². The lowest BCUT2D eigenvalue weighted by Gasteiger charge is -2.19. The van der Waals surface area contributed by atoms with Crippen LogP contribution in [0.2, 0.25) is 0 Å². The van der Waals surface area contributed by atoms with Gasteiger partial charge in [-0.3, -0.25) is 9.88 Å². The summed E-state index contributed by atoms with van der Waals surface area (Å²) in [6.07, 6.45) is 0. The summed E-state index contributed by atoms with van der Waals surface area (Å²) in [5.74, 6) is 0. The van der Waals surface area contributed by atoms with Crippen LogP contribution >= 0.6 is 0 Å². The van der Waals surface area contributed by atoms with Gasteiger partial charge in [0, 0.05) is 52.4 Å². The average molecular weight is 354 g/mol. The topological polar surface area (TPSA) is 43.4 Å². The van der Waals surface area contributed by atoms with Gasteiger partial charge in [0.1, 0.15) is 0 Å². The number of nitrogens with one attached hydrogen (secondary N) is 2. The van der Waals surface area contributed by atoms with Gasteiger partial charge in [0.05, 0.1) is 11.4 Å². The minimum atomic E-state index is 0.822. The molecule has 140 valence electrons. The van der Waals surface area contributed by atoms with Crippen molar-refractivity contribution < 1.29 is 0 Å². The number of hydrogen-bond acceptors (Lipinski definition) is 5. The predicted molar refractivity (Wildman–Crippen MR) is 107 cm³/mol. The number of likely N-dealkylation sites (N-methyl/N-ethyl adjacent to an activating group) is 2. The molecule has 0 spiro atoms. The molecule has 26 heavy (non-hydrogen) atoms. The lowest BCUT2D eigenvalue weighted by Crippen LogP contribution is -2.30. The summed E-state index contributed by atoms with van der Waals surface area (Å²) in [5, 5.41) is 7.08. The molecule has 1 aromatic carbocycles. The summed E-state index contributed by atoms with van der Waals surface area (Å²) in [6, 6.07) is 15.2. The summed E-state index contributed by atoms with van der Waals surface area (Å²) < 4.78 is 0. The lowest BCUT2D eigenvalue weighted by molar-refractivity contribution is 0.318. The van der Waals surface area contributed by atoms with Crippen LogP contribution in [-0.4, -0.2) is 55.1 Å². The molecule has 3 rings (SSSR count). The molecule has 0 amide bonds. The Morgan fingerprint density at radius 3 is 2.27 bits per heavy atom. The van der Waals surface area contributed by atoms with E-state index >= 15 is 0 Å². The number of benzene rings is 1. The van der Waals surface area contributed by atoms with Crippen molar-refractivity contribution in [3.05, 3.63) is 65.0 Å². The molecular formula is C21H31N5. The molecule has 0 fully saturated rings. The maximum absolute atomic E-state index is 4.79. The highest BCUT2D eigenvalue weighted by atomic mass is 15.1. The van der Waals surface area contributed by atoms with Crippen LogP contribution in [0.15, 0.2) is 42.5 Å². The Bertz CT molecular complexity index is 628. The van der Waals surface area contributed by atoms with Crippen LogP contribution in [0.1, 0.15) is 22.5 Å². The normalized spacial score (nSPS) is 18.8. The Hall–Kier alpha value is -1.79. The minimum absolute atomic E-state index is 0.822. The first-order chi connectivity index (χ1) is 12.7.